The molecule has 0 aliphatic carbocycles. The highest BCUT2D eigenvalue weighted by Gasteiger charge is 2.37. The van der Waals surface area contributed by atoms with Crippen LogP contribution < -0.4 is 4.59 Å². The minimum absolute atomic E-state index is 0.142. The van der Waals surface area contributed by atoms with Crippen molar-refractivity contribution in [1.29, 1.82) is 0 Å². The Bertz CT molecular complexity index is 799. The van der Waals surface area contributed by atoms with Crippen LogP contribution in [0.5, 0.6) is 0 Å². The maximum Gasteiger partial charge on any atom is 0.369 e. The van der Waals surface area contributed by atoms with Gasteiger partial charge in [0, 0.05) is 11.1 Å². The summed E-state index contributed by atoms with van der Waals surface area (Å²) in [7, 11) is 1.76. The number of hydrogen-bond acceptors (Lipinski definition) is 5. The summed E-state index contributed by atoms with van der Waals surface area (Å²) < 4.78 is 4.99. The van der Waals surface area contributed by atoms with Crippen molar-refractivity contribution in [3.05, 3.63) is 28.8 Å². The molecule has 1 unspecified atom stereocenters. The van der Waals surface area contributed by atoms with E-state index in [-0.39, 0.29) is 22.1 Å². The Hall–Kier alpha value is -1.66. The second-order valence-electron chi connectivity index (χ2n) is 9.38. The van der Waals surface area contributed by atoms with Crippen LogP contribution >= 0.6 is 11.8 Å². The fraction of sp³-hybridized carbons (Fsp3) is 0.679. The van der Waals surface area contributed by atoms with Gasteiger partial charge in [-0.1, -0.05) is 99.3 Å². The van der Waals surface area contributed by atoms with Crippen molar-refractivity contribution >= 4 is 34.4 Å². The molecule has 0 aliphatic rings. The second-order valence-corrected chi connectivity index (χ2v) is 10.5. The van der Waals surface area contributed by atoms with Crippen LogP contribution in [-0.2, 0) is 14.3 Å². The van der Waals surface area contributed by atoms with Crippen LogP contribution in [0.25, 0.3) is 0 Å². The van der Waals surface area contributed by atoms with Crippen molar-refractivity contribution in [2.45, 2.75) is 106 Å². The maximum atomic E-state index is 12.8. The highest BCUT2D eigenvalue weighted by molar-refractivity contribution is 8.15. The molecule has 0 N–H and O–H groups in total. The molecule has 0 aromatic heterocycles. The number of ether oxygens (including phenoxy) is 1. The van der Waals surface area contributed by atoms with Crippen LogP contribution in [0, 0.1) is 20.8 Å². The van der Waals surface area contributed by atoms with E-state index in [4.69, 9.17) is 9.84 Å². The molecule has 1 amide bonds. The fourth-order valence-corrected chi connectivity index (χ4v) is 5.34. The fourth-order valence-electron chi connectivity index (χ4n) is 4.40. The number of benzene rings is 1. The Morgan fingerprint density at radius 1 is 0.882 bits per heavy atom. The molecule has 192 valence electrons. The van der Waals surface area contributed by atoms with Gasteiger partial charge in [0.25, 0.3) is 0 Å². The van der Waals surface area contributed by atoms with E-state index in [0.717, 1.165) is 41.0 Å². The van der Waals surface area contributed by atoms with Gasteiger partial charge in [-0.05, 0) is 39.9 Å². The maximum absolute atomic E-state index is 12.8. The van der Waals surface area contributed by atoms with Gasteiger partial charge in [-0.15, -0.1) is 4.59 Å². The van der Waals surface area contributed by atoms with E-state index in [1.165, 1.54) is 70.1 Å². The lowest BCUT2D eigenvalue weighted by Gasteiger charge is -2.27. The quantitative estimate of drug-likeness (QED) is 0.0670. The molecule has 1 atom stereocenters. The molecule has 1 rings (SSSR count). The molecule has 0 radical (unpaired) electrons. The standard InChI is InChI=1S/C28H47N2O3S/c1-8-10-11-12-13-14-15-16-17-18-19-34-27(28(32)33-9-2)29-30(7,25(6)31)26-23(4)20-22(3)21-24(26)5/h20-21H,8-19H2,1-7H3/q+1. The molecular weight excluding hydrogens is 444 g/mol. The summed E-state index contributed by atoms with van der Waals surface area (Å²) in [6.07, 6.45) is 12.7. The zero-order valence-corrected chi connectivity index (χ0v) is 23.5. The van der Waals surface area contributed by atoms with Crippen LogP contribution in [0.15, 0.2) is 17.2 Å². The zero-order valence-electron chi connectivity index (χ0n) is 22.7. The van der Waals surface area contributed by atoms with Crippen molar-refractivity contribution < 1.29 is 14.3 Å². The van der Waals surface area contributed by atoms with Crippen LogP contribution in [0.1, 0.15) is 102 Å². The third kappa shape index (κ3) is 9.91. The molecule has 1 aromatic carbocycles. The molecule has 0 spiro atoms. The minimum atomic E-state index is -0.451. The molecule has 5 nitrogen and oxygen atoms in total. The Morgan fingerprint density at radius 3 is 1.85 bits per heavy atom. The summed E-state index contributed by atoms with van der Waals surface area (Å²) in [5.41, 5.74) is 3.93. The number of carbonyl (C=O) groups is 2. The van der Waals surface area contributed by atoms with Gasteiger partial charge in [0.05, 0.1) is 13.5 Å². The first kappa shape index (κ1) is 30.4. The average Bonchev–Trinajstić information content (AvgIpc) is 2.75. The molecular formula is C28H47N2O3S+. The number of rotatable bonds is 14. The summed E-state index contributed by atoms with van der Waals surface area (Å²) in [4.78, 5) is 25.6. The predicted molar refractivity (Wildman–Crippen MR) is 147 cm³/mol. The normalized spacial score (nSPS) is 13.6. The van der Waals surface area contributed by atoms with Crippen molar-refractivity contribution in [3.8, 4) is 0 Å². The molecule has 6 heteroatoms. The number of aryl methyl sites for hydroxylation is 3. The number of carbonyl (C=O) groups excluding carboxylic acids is 2. The lowest BCUT2D eigenvalue weighted by Crippen LogP contribution is -2.46. The molecule has 0 saturated carbocycles. The summed E-state index contributed by atoms with van der Waals surface area (Å²) in [6, 6.07) is 4.11. The van der Waals surface area contributed by atoms with Crippen LogP contribution in [-0.4, -0.2) is 36.3 Å². The van der Waals surface area contributed by atoms with Gasteiger partial charge in [-0.25, -0.2) is 9.59 Å². The Kier molecular flexibility index (Phi) is 14.4. The lowest BCUT2D eigenvalue weighted by atomic mass is 10.0. The first-order chi connectivity index (χ1) is 16.2. The predicted octanol–water partition coefficient (Wildman–Crippen LogP) is 7.63. The van der Waals surface area contributed by atoms with E-state index in [2.05, 4.69) is 19.1 Å². The van der Waals surface area contributed by atoms with E-state index in [1.807, 2.05) is 20.8 Å². The molecule has 34 heavy (non-hydrogen) atoms. The number of quaternary nitrogens is 1. The topological polar surface area (TPSA) is 55.7 Å². The van der Waals surface area contributed by atoms with Gasteiger partial charge in [-0.3, -0.25) is 0 Å². The number of nitrogens with zero attached hydrogens (tertiary/aromatic N) is 2. The first-order valence-electron chi connectivity index (χ1n) is 13.0. The number of esters is 1. The SMILES string of the molecule is CCCCCCCCCCCCSC(=N[N+](C)(C(C)=O)c1c(C)cc(C)cc1C)C(=O)OCC. The van der Waals surface area contributed by atoms with Crippen LogP contribution in [0.2, 0.25) is 0 Å². The van der Waals surface area contributed by atoms with Crippen molar-refractivity contribution in [3.63, 3.8) is 0 Å². The minimum Gasteiger partial charge on any atom is -0.461 e. The van der Waals surface area contributed by atoms with E-state index < -0.39 is 5.97 Å². The van der Waals surface area contributed by atoms with Gasteiger partial charge in [0.1, 0.15) is 7.05 Å². The average molecular weight is 492 g/mol. The summed E-state index contributed by atoms with van der Waals surface area (Å²) in [5.74, 6) is 0.196. The van der Waals surface area contributed by atoms with Gasteiger partial charge >= 0.3 is 11.9 Å². The smallest absolute Gasteiger partial charge is 0.369 e. The summed E-state index contributed by atoms with van der Waals surface area (Å²) >= 11 is 1.41. The molecule has 1 aromatic rings. The number of thioether (sulfide) groups is 1. The number of hydrogen-bond donors (Lipinski definition) is 0. The van der Waals surface area contributed by atoms with Crippen LogP contribution in [0.3, 0.4) is 0 Å². The molecule has 0 heterocycles. The lowest BCUT2D eigenvalue weighted by molar-refractivity contribution is -0.134. The Balaban J connectivity index is 2.83. The van der Waals surface area contributed by atoms with Crippen molar-refractivity contribution in [2.24, 2.45) is 5.10 Å². The van der Waals surface area contributed by atoms with E-state index in [1.54, 1.807) is 14.0 Å². The van der Waals surface area contributed by atoms with E-state index in [0.29, 0.717) is 0 Å². The van der Waals surface area contributed by atoms with Crippen LogP contribution in [0.4, 0.5) is 5.69 Å². The largest absolute Gasteiger partial charge is 0.461 e. The highest BCUT2D eigenvalue weighted by atomic mass is 32.2. The second kappa shape index (κ2) is 16.1. The summed E-state index contributed by atoms with van der Waals surface area (Å²) in [5, 5.41) is 5.00. The van der Waals surface area contributed by atoms with E-state index >= 15 is 0 Å². The van der Waals surface area contributed by atoms with Gasteiger partial charge < -0.3 is 4.74 Å². The van der Waals surface area contributed by atoms with Crippen molar-refractivity contribution in [2.75, 3.05) is 19.4 Å². The zero-order chi connectivity index (χ0) is 25.6. The highest BCUT2D eigenvalue weighted by Crippen LogP contribution is 2.32. The third-order valence-electron chi connectivity index (χ3n) is 6.16. The van der Waals surface area contributed by atoms with Crippen molar-refractivity contribution in [1.82, 2.24) is 4.59 Å². The van der Waals surface area contributed by atoms with Gasteiger partial charge in [-0.2, -0.15) is 0 Å². The Labute approximate surface area is 212 Å². The molecule has 0 saturated heterocycles. The Morgan fingerprint density at radius 2 is 1.38 bits per heavy atom. The molecule has 0 bridgehead atoms. The summed E-state index contributed by atoms with van der Waals surface area (Å²) in [6.45, 7) is 11.9. The molecule has 0 fully saturated rings. The van der Waals surface area contributed by atoms with Gasteiger partial charge in [0.15, 0.2) is 5.69 Å². The number of unbranched alkanes of at least 4 members (excludes halogenated alkanes) is 9. The number of amides is 1. The monoisotopic (exact) mass is 491 g/mol. The first-order valence-corrected chi connectivity index (χ1v) is 14.0. The third-order valence-corrected chi connectivity index (χ3v) is 7.18. The molecule has 0 aliphatic heterocycles. The van der Waals surface area contributed by atoms with Gasteiger partial charge in [0.2, 0.25) is 5.04 Å². The van der Waals surface area contributed by atoms with E-state index in [9.17, 15) is 9.59 Å².